The maximum Gasteiger partial charge on any atom is 0.332 e. The van der Waals surface area contributed by atoms with Crippen molar-refractivity contribution >= 4 is 5.82 Å². The lowest BCUT2D eigenvalue weighted by molar-refractivity contribution is 0.638. The van der Waals surface area contributed by atoms with Gasteiger partial charge in [-0.05, 0) is 18.4 Å². The first-order chi connectivity index (χ1) is 11.1. The fourth-order valence-corrected chi connectivity index (χ4v) is 3.31. The maximum atomic E-state index is 12.3. The van der Waals surface area contributed by atoms with Crippen molar-refractivity contribution in [3.05, 3.63) is 62.3 Å². The van der Waals surface area contributed by atoms with Crippen molar-refractivity contribution in [3.63, 3.8) is 0 Å². The van der Waals surface area contributed by atoms with Gasteiger partial charge in [0.2, 0.25) is 0 Å². The van der Waals surface area contributed by atoms with Crippen LogP contribution in [0.1, 0.15) is 30.0 Å². The molecule has 2 heterocycles. The average Bonchev–Trinajstić information content (AvgIpc) is 3.06. The van der Waals surface area contributed by atoms with E-state index in [9.17, 15) is 14.9 Å². The predicted molar refractivity (Wildman–Crippen MR) is 87.4 cm³/mol. The van der Waals surface area contributed by atoms with Crippen molar-refractivity contribution < 1.29 is 0 Å². The van der Waals surface area contributed by atoms with Gasteiger partial charge >= 0.3 is 5.69 Å². The fourth-order valence-electron chi connectivity index (χ4n) is 3.31. The number of hydrogen-bond donors (Lipinski definition) is 0. The molecule has 1 aromatic carbocycles. The molecular weight excluding hydrogens is 292 g/mol. The summed E-state index contributed by atoms with van der Waals surface area (Å²) in [6.07, 6.45) is 1.88. The average molecular weight is 310 g/mol. The summed E-state index contributed by atoms with van der Waals surface area (Å²) in [7, 11) is 3.01. The van der Waals surface area contributed by atoms with Gasteiger partial charge in [0.15, 0.2) is 5.56 Å². The summed E-state index contributed by atoms with van der Waals surface area (Å²) in [4.78, 5) is 26.6. The molecule has 2 aromatic rings. The van der Waals surface area contributed by atoms with E-state index in [-0.39, 0.29) is 11.6 Å². The molecule has 0 spiro atoms. The van der Waals surface area contributed by atoms with Crippen LogP contribution in [0.4, 0.5) is 5.82 Å². The third-order valence-electron chi connectivity index (χ3n) is 4.45. The summed E-state index contributed by atoms with van der Waals surface area (Å²) in [5, 5.41) is 9.45. The highest BCUT2D eigenvalue weighted by molar-refractivity contribution is 5.56. The number of rotatable bonds is 2. The third kappa shape index (κ3) is 2.34. The summed E-state index contributed by atoms with van der Waals surface area (Å²) >= 11 is 0. The van der Waals surface area contributed by atoms with E-state index >= 15 is 0 Å². The van der Waals surface area contributed by atoms with Crippen molar-refractivity contribution in [3.8, 4) is 6.07 Å². The van der Waals surface area contributed by atoms with E-state index in [1.165, 1.54) is 11.6 Å². The Morgan fingerprint density at radius 1 is 1.13 bits per heavy atom. The molecule has 0 radical (unpaired) electrons. The highest BCUT2D eigenvalue weighted by atomic mass is 16.2. The van der Waals surface area contributed by atoms with Crippen LogP contribution in [0.3, 0.4) is 0 Å². The van der Waals surface area contributed by atoms with Crippen molar-refractivity contribution in [1.29, 1.82) is 5.26 Å². The van der Waals surface area contributed by atoms with Gasteiger partial charge in [-0.1, -0.05) is 30.3 Å². The van der Waals surface area contributed by atoms with Crippen LogP contribution in [-0.2, 0) is 14.1 Å². The van der Waals surface area contributed by atoms with Gasteiger partial charge in [-0.2, -0.15) is 5.26 Å². The first kappa shape index (κ1) is 15.1. The third-order valence-corrected chi connectivity index (χ3v) is 4.45. The van der Waals surface area contributed by atoms with E-state index in [4.69, 9.17) is 0 Å². The smallest absolute Gasteiger partial charge is 0.332 e. The first-order valence-corrected chi connectivity index (χ1v) is 7.58. The lowest BCUT2D eigenvalue weighted by Crippen LogP contribution is -2.42. The zero-order chi connectivity index (χ0) is 16.6. The van der Waals surface area contributed by atoms with Crippen LogP contribution in [0, 0.1) is 11.3 Å². The van der Waals surface area contributed by atoms with Crippen LogP contribution in [-0.4, -0.2) is 15.7 Å². The molecule has 1 unspecified atom stereocenters. The summed E-state index contributed by atoms with van der Waals surface area (Å²) in [6, 6.07) is 12.0. The Morgan fingerprint density at radius 3 is 2.48 bits per heavy atom. The molecule has 1 aliphatic rings. The first-order valence-electron chi connectivity index (χ1n) is 7.58. The van der Waals surface area contributed by atoms with Crippen molar-refractivity contribution in [1.82, 2.24) is 9.13 Å². The number of benzene rings is 1. The fraction of sp³-hybridized carbons (Fsp3) is 0.353. The molecule has 1 fully saturated rings. The molecule has 0 N–H and O–H groups in total. The Morgan fingerprint density at radius 2 is 1.83 bits per heavy atom. The quantitative estimate of drug-likeness (QED) is 0.838. The molecule has 3 rings (SSSR count). The van der Waals surface area contributed by atoms with Crippen molar-refractivity contribution in [2.24, 2.45) is 14.1 Å². The minimum absolute atomic E-state index is 0.0254. The van der Waals surface area contributed by atoms with Crippen LogP contribution in [0.5, 0.6) is 0 Å². The minimum atomic E-state index is -0.538. The van der Waals surface area contributed by atoms with E-state index in [0.29, 0.717) is 12.4 Å². The standard InChI is InChI=1S/C17H18N4O2/c1-19-15(13(11-18)16(22)20(2)17(19)23)21-10-6-9-14(21)12-7-4-3-5-8-12/h3-5,7-8,14H,6,9-10H2,1-2H3. The second-order valence-electron chi connectivity index (χ2n) is 5.78. The highest BCUT2D eigenvalue weighted by Gasteiger charge is 2.31. The van der Waals surface area contributed by atoms with Crippen molar-refractivity contribution in [2.45, 2.75) is 18.9 Å². The molecule has 0 amide bonds. The van der Waals surface area contributed by atoms with E-state index < -0.39 is 11.2 Å². The van der Waals surface area contributed by atoms with Gasteiger partial charge in [0.25, 0.3) is 5.56 Å². The van der Waals surface area contributed by atoms with E-state index in [1.54, 1.807) is 7.05 Å². The molecule has 1 atom stereocenters. The zero-order valence-corrected chi connectivity index (χ0v) is 13.2. The molecule has 1 saturated heterocycles. The molecule has 1 aromatic heterocycles. The summed E-state index contributed by atoms with van der Waals surface area (Å²) in [5.74, 6) is 0.423. The molecule has 0 bridgehead atoms. The van der Waals surface area contributed by atoms with Gasteiger partial charge in [-0.15, -0.1) is 0 Å². The Bertz CT molecular complexity index is 890. The lowest BCUT2D eigenvalue weighted by Gasteiger charge is -2.29. The van der Waals surface area contributed by atoms with Gasteiger partial charge in [-0.3, -0.25) is 13.9 Å². The van der Waals surface area contributed by atoms with E-state index in [0.717, 1.165) is 23.0 Å². The molecule has 0 saturated carbocycles. The highest BCUT2D eigenvalue weighted by Crippen LogP contribution is 2.36. The van der Waals surface area contributed by atoms with Crippen LogP contribution in [0.25, 0.3) is 0 Å². The summed E-state index contributed by atoms with van der Waals surface area (Å²) in [6.45, 7) is 0.717. The topological polar surface area (TPSA) is 71.0 Å². The maximum absolute atomic E-state index is 12.3. The molecule has 0 aliphatic carbocycles. The summed E-state index contributed by atoms with van der Waals surface area (Å²) in [5.41, 5.74) is 0.200. The molecule has 118 valence electrons. The van der Waals surface area contributed by atoms with Gasteiger partial charge in [0.05, 0.1) is 6.04 Å². The van der Waals surface area contributed by atoms with Crippen LogP contribution in [0.2, 0.25) is 0 Å². The Kier molecular flexibility index (Phi) is 3.78. The second-order valence-corrected chi connectivity index (χ2v) is 5.78. The SMILES string of the molecule is Cn1c(N2CCCC2c2ccccc2)c(C#N)c(=O)n(C)c1=O. The number of hydrogen-bond acceptors (Lipinski definition) is 4. The van der Waals surface area contributed by atoms with Crippen LogP contribution < -0.4 is 16.1 Å². The number of nitrogens with zero attached hydrogens (tertiary/aromatic N) is 4. The second kappa shape index (κ2) is 5.76. The van der Waals surface area contributed by atoms with Crippen LogP contribution >= 0.6 is 0 Å². The molecule has 23 heavy (non-hydrogen) atoms. The van der Waals surface area contributed by atoms with Gasteiger partial charge in [-0.25, -0.2) is 4.79 Å². The van der Waals surface area contributed by atoms with Crippen molar-refractivity contribution in [2.75, 3.05) is 11.4 Å². The monoisotopic (exact) mass is 310 g/mol. The minimum Gasteiger partial charge on any atom is -0.350 e. The lowest BCUT2D eigenvalue weighted by atomic mass is 10.0. The normalized spacial score (nSPS) is 17.3. The largest absolute Gasteiger partial charge is 0.350 e. The Balaban J connectivity index is 2.21. The summed E-state index contributed by atoms with van der Waals surface area (Å²) < 4.78 is 2.39. The molecule has 1 aliphatic heterocycles. The Hall–Kier alpha value is -2.81. The van der Waals surface area contributed by atoms with Gasteiger partial charge in [0, 0.05) is 20.6 Å². The molecule has 6 heteroatoms. The zero-order valence-electron chi connectivity index (χ0n) is 13.2. The Labute approximate surface area is 133 Å². The number of aromatic nitrogens is 2. The number of anilines is 1. The number of nitriles is 1. The van der Waals surface area contributed by atoms with Crippen LogP contribution in [0.15, 0.2) is 39.9 Å². The molecule has 6 nitrogen and oxygen atoms in total. The van der Waals surface area contributed by atoms with E-state index in [2.05, 4.69) is 0 Å². The van der Waals surface area contributed by atoms with Gasteiger partial charge < -0.3 is 4.90 Å². The van der Waals surface area contributed by atoms with E-state index in [1.807, 2.05) is 41.3 Å². The van der Waals surface area contributed by atoms with Gasteiger partial charge in [0.1, 0.15) is 11.9 Å². The molecular formula is C17H18N4O2. The predicted octanol–water partition coefficient (Wildman–Crippen LogP) is 1.30.